The van der Waals surface area contributed by atoms with Gasteiger partial charge in [-0.1, -0.05) is 18.2 Å². The first-order chi connectivity index (χ1) is 17.1. The molecule has 2 aromatic heterocycles. The lowest BCUT2D eigenvalue weighted by atomic mass is 10.0. The van der Waals surface area contributed by atoms with Gasteiger partial charge in [0.1, 0.15) is 0 Å². The van der Waals surface area contributed by atoms with Crippen molar-refractivity contribution < 1.29 is 23.1 Å². The molecule has 0 bridgehead atoms. The van der Waals surface area contributed by atoms with Crippen LogP contribution in [0.25, 0.3) is 22.4 Å². The third kappa shape index (κ3) is 5.64. The first kappa shape index (κ1) is 24.7. The number of benzene rings is 2. The van der Waals surface area contributed by atoms with Crippen molar-refractivity contribution in [3.63, 3.8) is 0 Å². The highest BCUT2D eigenvalue weighted by Gasteiger charge is 2.15. The predicted octanol–water partition coefficient (Wildman–Crippen LogP) is 4.15. The lowest BCUT2D eigenvalue weighted by Crippen LogP contribution is -2.23. The van der Waals surface area contributed by atoms with Gasteiger partial charge in [0.2, 0.25) is 0 Å². The Bertz CT molecular complexity index is 1560. The number of nitrogens with zero attached hydrogens (tertiary/aromatic N) is 2. The smallest absolute Gasteiger partial charge is 0.335 e. The Morgan fingerprint density at radius 3 is 2.14 bits per heavy atom. The fourth-order valence-corrected chi connectivity index (χ4v) is 4.71. The van der Waals surface area contributed by atoms with E-state index >= 15 is 0 Å². The van der Waals surface area contributed by atoms with Gasteiger partial charge in [0.25, 0.3) is 5.91 Å². The first-order valence-electron chi connectivity index (χ1n) is 11.0. The lowest BCUT2D eigenvalue weighted by Gasteiger charge is -2.10. The molecule has 2 aromatic carbocycles. The minimum atomic E-state index is -3.45. The van der Waals surface area contributed by atoms with Crippen molar-refractivity contribution in [1.29, 1.82) is 0 Å². The quantitative estimate of drug-likeness (QED) is 0.389. The van der Waals surface area contributed by atoms with Crippen molar-refractivity contribution in [2.75, 3.05) is 6.26 Å². The van der Waals surface area contributed by atoms with Crippen molar-refractivity contribution >= 4 is 21.7 Å². The third-order valence-corrected chi connectivity index (χ3v) is 6.86. The summed E-state index contributed by atoms with van der Waals surface area (Å²) in [6.07, 6.45) is 4.43. The molecular formula is C27H23N3O5S. The Morgan fingerprint density at radius 1 is 0.833 bits per heavy atom. The highest BCUT2D eigenvalue weighted by atomic mass is 32.2. The number of carboxylic acid groups (broad SMARTS) is 1. The number of aromatic nitrogens is 2. The molecule has 0 aliphatic rings. The molecule has 0 spiro atoms. The molecule has 0 radical (unpaired) electrons. The number of amides is 1. The van der Waals surface area contributed by atoms with Gasteiger partial charge in [-0.2, -0.15) is 0 Å². The van der Waals surface area contributed by atoms with E-state index in [9.17, 15) is 18.0 Å². The van der Waals surface area contributed by atoms with E-state index in [-0.39, 0.29) is 22.6 Å². The van der Waals surface area contributed by atoms with Gasteiger partial charge in [-0.15, -0.1) is 0 Å². The first-order valence-corrected chi connectivity index (χ1v) is 12.8. The number of hydrogen-bond donors (Lipinski definition) is 2. The van der Waals surface area contributed by atoms with E-state index in [2.05, 4.69) is 15.3 Å². The number of aryl methyl sites for hydroxylation is 1. The summed E-state index contributed by atoms with van der Waals surface area (Å²) in [4.78, 5) is 32.6. The van der Waals surface area contributed by atoms with Crippen LogP contribution >= 0.6 is 0 Å². The SMILES string of the molecule is Cc1ccc(C(=O)NCc2cc(-c3ccnc(-c4ccc(C(=O)O)cc4)c3)ccn2)cc1S(C)(=O)=O. The van der Waals surface area contributed by atoms with Gasteiger partial charge in [-0.05, 0) is 72.1 Å². The summed E-state index contributed by atoms with van der Waals surface area (Å²) in [5.74, 6) is -1.39. The van der Waals surface area contributed by atoms with Crippen molar-refractivity contribution in [2.45, 2.75) is 18.4 Å². The summed E-state index contributed by atoms with van der Waals surface area (Å²) in [6.45, 7) is 1.84. The average molecular weight is 502 g/mol. The molecule has 8 nitrogen and oxygen atoms in total. The maximum absolute atomic E-state index is 12.7. The van der Waals surface area contributed by atoms with Gasteiger partial charge in [0.15, 0.2) is 9.84 Å². The zero-order chi connectivity index (χ0) is 25.9. The molecule has 0 aliphatic heterocycles. The summed E-state index contributed by atoms with van der Waals surface area (Å²) in [6, 6.07) is 18.5. The third-order valence-electron chi connectivity index (χ3n) is 5.62. The second-order valence-corrected chi connectivity index (χ2v) is 10.3. The molecule has 0 saturated carbocycles. The van der Waals surface area contributed by atoms with E-state index < -0.39 is 21.7 Å². The molecular weight excluding hydrogens is 478 g/mol. The molecule has 182 valence electrons. The second kappa shape index (κ2) is 10.1. The number of rotatable bonds is 7. The van der Waals surface area contributed by atoms with Crippen LogP contribution in [0.5, 0.6) is 0 Å². The molecule has 9 heteroatoms. The van der Waals surface area contributed by atoms with Crippen LogP contribution in [0, 0.1) is 6.92 Å². The number of hydrogen-bond acceptors (Lipinski definition) is 6. The van der Waals surface area contributed by atoms with E-state index in [0.717, 1.165) is 22.9 Å². The number of nitrogens with one attached hydrogen (secondary N) is 1. The maximum atomic E-state index is 12.7. The largest absolute Gasteiger partial charge is 0.478 e. The van der Waals surface area contributed by atoms with Crippen molar-refractivity contribution in [3.8, 4) is 22.4 Å². The lowest BCUT2D eigenvalue weighted by molar-refractivity contribution is 0.0696. The molecule has 2 N–H and O–H groups in total. The van der Waals surface area contributed by atoms with Crippen LogP contribution in [0.15, 0.2) is 84.0 Å². The Balaban J connectivity index is 1.51. The molecule has 0 saturated heterocycles. The molecule has 0 aliphatic carbocycles. The van der Waals surface area contributed by atoms with E-state index in [0.29, 0.717) is 17.0 Å². The number of carboxylic acids is 1. The van der Waals surface area contributed by atoms with E-state index in [1.54, 1.807) is 43.6 Å². The molecule has 4 rings (SSSR count). The van der Waals surface area contributed by atoms with Crippen LogP contribution in [0.4, 0.5) is 0 Å². The van der Waals surface area contributed by atoms with Gasteiger partial charge in [-0.25, -0.2) is 13.2 Å². The van der Waals surface area contributed by atoms with Crippen LogP contribution in [-0.4, -0.2) is 41.6 Å². The highest BCUT2D eigenvalue weighted by Crippen LogP contribution is 2.25. The van der Waals surface area contributed by atoms with Crippen LogP contribution in [-0.2, 0) is 16.4 Å². The summed E-state index contributed by atoms with van der Waals surface area (Å²) < 4.78 is 23.9. The Labute approximate surface area is 208 Å². The van der Waals surface area contributed by atoms with Gasteiger partial charge in [0, 0.05) is 29.8 Å². The van der Waals surface area contributed by atoms with Crippen LogP contribution in [0.2, 0.25) is 0 Å². The minimum absolute atomic E-state index is 0.126. The van der Waals surface area contributed by atoms with Gasteiger partial charge in [-0.3, -0.25) is 14.8 Å². The zero-order valence-corrected chi connectivity index (χ0v) is 20.4. The summed E-state index contributed by atoms with van der Waals surface area (Å²) in [5, 5.41) is 11.9. The van der Waals surface area contributed by atoms with Crippen LogP contribution in [0.3, 0.4) is 0 Å². The number of aromatic carboxylic acids is 1. The average Bonchev–Trinajstić information content (AvgIpc) is 2.87. The molecule has 1 amide bonds. The van der Waals surface area contributed by atoms with Crippen molar-refractivity contribution in [3.05, 3.63) is 102 Å². The molecule has 0 fully saturated rings. The van der Waals surface area contributed by atoms with Crippen LogP contribution < -0.4 is 5.32 Å². The Morgan fingerprint density at radius 2 is 1.47 bits per heavy atom. The van der Waals surface area contributed by atoms with Gasteiger partial charge >= 0.3 is 5.97 Å². The van der Waals surface area contributed by atoms with E-state index in [1.165, 1.54) is 18.2 Å². The van der Waals surface area contributed by atoms with Crippen LogP contribution in [0.1, 0.15) is 32.0 Å². The molecule has 0 atom stereocenters. The van der Waals surface area contributed by atoms with E-state index in [4.69, 9.17) is 5.11 Å². The molecule has 4 aromatic rings. The number of carbonyl (C=O) groups is 2. The molecule has 36 heavy (non-hydrogen) atoms. The highest BCUT2D eigenvalue weighted by molar-refractivity contribution is 7.90. The van der Waals surface area contributed by atoms with Gasteiger partial charge in [0.05, 0.1) is 28.4 Å². The second-order valence-electron chi connectivity index (χ2n) is 8.28. The fourth-order valence-electron chi connectivity index (χ4n) is 3.72. The fraction of sp³-hybridized carbons (Fsp3) is 0.111. The monoisotopic (exact) mass is 501 g/mol. The normalized spacial score (nSPS) is 11.2. The number of sulfone groups is 1. The van der Waals surface area contributed by atoms with Crippen molar-refractivity contribution in [1.82, 2.24) is 15.3 Å². The standard InChI is InChI=1S/C27H23N3O5S/c1-17-3-4-22(15-25(17)36(2,34)35)26(31)30-16-23-13-20(9-11-28-23)21-10-12-29-24(14-21)18-5-7-19(8-6-18)27(32)33/h3-15H,16H2,1-2H3,(H,30,31)(H,32,33). The minimum Gasteiger partial charge on any atom is -0.478 e. The Kier molecular flexibility index (Phi) is 6.93. The summed E-state index contributed by atoms with van der Waals surface area (Å²) in [5.41, 5.74) is 4.90. The van der Waals surface area contributed by atoms with Crippen molar-refractivity contribution in [2.24, 2.45) is 0 Å². The Hall–Kier alpha value is -4.37. The molecule has 0 unspecified atom stereocenters. The summed E-state index contributed by atoms with van der Waals surface area (Å²) >= 11 is 0. The predicted molar refractivity (Wildman–Crippen MR) is 135 cm³/mol. The number of carbonyl (C=O) groups excluding carboxylic acids is 1. The molecule has 2 heterocycles. The maximum Gasteiger partial charge on any atom is 0.335 e. The van der Waals surface area contributed by atoms with Gasteiger partial charge < -0.3 is 10.4 Å². The topological polar surface area (TPSA) is 126 Å². The van der Waals surface area contributed by atoms with E-state index in [1.807, 2.05) is 24.3 Å². The zero-order valence-electron chi connectivity index (χ0n) is 19.6. The summed E-state index contributed by atoms with van der Waals surface area (Å²) in [7, 11) is -3.45. The number of pyridine rings is 2.